The molecule has 2 unspecified atom stereocenters. The zero-order valence-corrected chi connectivity index (χ0v) is 10.3. The first-order valence-electron chi connectivity index (χ1n) is 6.07. The minimum Gasteiger partial charge on any atom is -0.386 e. The van der Waals surface area contributed by atoms with Crippen LogP contribution in [0.1, 0.15) is 46.5 Å². The second kappa shape index (κ2) is 4.81. The third-order valence-electron chi connectivity index (χ3n) is 3.75. The van der Waals surface area contributed by atoms with Crippen LogP contribution in [0.15, 0.2) is 0 Å². The van der Waals surface area contributed by atoms with Crippen molar-refractivity contribution in [1.29, 1.82) is 0 Å². The van der Waals surface area contributed by atoms with Crippen molar-refractivity contribution in [3.05, 3.63) is 0 Å². The molecule has 0 radical (unpaired) electrons. The summed E-state index contributed by atoms with van der Waals surface area (Å²) >= 11 is 0. The molecule has 0 saturated carbocycles. The molecule has 1 aliphatic heterocycles. The summed E-state index contributed by atoms with van der Waals surface area (Å²) in [4.78, 5) is 0. The van der Waals surface area contributed by atoms with Gasteiger partial charge in [0, 0.05) is 12.6 Å². The highest BCUT2D eigenvalue weighted by Crippen LogP contribution is 2.35. The van der Waals surface area contributed by atoms with Gasteiger partial charge in [-0.1, -0.05) is 33.6 Å². The minimum absolute atomic E-state index is 0.144. The Kier molecular flexibility index (Phi) is 4.15. The molecule has 1 saturated heterocycles. The molecule has 4 N–H and O–H groups in total. The fourth-order valence-corrected chi connectivity index (χ4v) is 2.41. The fourth-order valence-electron chi connectivity index (χ4n) is 2.41. The average Bonchev–Trinajstić information content (AvgIpc) is 2.43. The summed E-state index contributed by atoms with van der Waals surface area (Å²) in [5.41, 5.74) is 4.81. The van der Waals surface area contributed by atoms with E-state index in [9.17, 15) is 5.11 Å². The Morgan fingerprint density at radius 2 is 1.93 bits per heavy atom. The van der Waals surface area contributed by atoms with Gasteiger partial charge < -0.3 is 16.2 Å². The predicted octanol–water partition coefficient (Wildman–Crippen LogP) is 1.25. The summed E-state index contributed by atoms with van der Waals surface area (Å²) in [6.45, 7) is 7.52. The van der Waals surface area contributed by atoms with Crippen LogP contribution in [-0.2, 0) is 0 Å². The van der Waals surface area contributed by atoms with Crippen molar-refractivity contribution in [2.75, 3.05) is 13.1 Å². The van der Waals surface area contributed by atoms with Gasteiger partial charge in [-0.2, -0.15) is 0 Å². The molecule has 0 amide bonds. The molecular weight excluding hydrogens is 188 g/mol. The Bertz CT molecular complexity index is 192. The Balaban J connectivity index is 2.79. The molecule has 2 atom stereocenters. The third-order valence-corrected chi connectivity index (χ3v) is 3.75. The topological polar surface area (TPSA) is 58.3 Å². The Labute approximate surface area is 93.4 Å². The standard InChI is InChI=1S/C12H26N2O/c1-11(2,3)12(15,9-13)10-7-5-4-6-8-14-10/h10,14-15H,4-9,13H2,1-3H3. The van der Waals surface area contributed by atoms with Crippen LogP contribution in [0.2, 0.25) is 0 Å². The molecule has 15 heavy (non-hydrogen) atoms. The van der Waals surface area contributed by atoms with E-state index in [-0.39, 0.29) is 11.5 Å². The lowest BCUT2D eigenvalue weighted by molar-refractivity contribution is -0.0799. The molecule has 1 heterocycles. The van der Waals surface area contributed by atoms with Gasteiger partial charge in [0.15, 0.2) is 0 Å². The van der Waals surface area contributed by atoms with Crippen LogP contribution in [0.3, 0.4) is 0 Å². The van der Waals surface area contributed by atoms with Crippen molar-refractivity contribution in [3.63, 3.8) is 0 Å². The third kappa shape index (κ3) is 2.71. The number of aliphatic hydroxyl groups is 1. The molecule has 90 valence electrons. The van der Waals surface area contributed by atoms with E-state index in [1.807, 2.05) is 0 Å². The van der Waals surface area contributed by atoms with Gasteiger partial charge in [0.2, 0.25) is 0 Å². The molecule has 3 nitrogen and oxygen atoms in total. The van der Waals surface area contributed by atoms with Crippen LogP contribution in [0.5, 0.6) is 0 Å². The SMILES string of the molecule is CC(C)(C)C(O)(CN)C1CCCCCN1. The molecule has 1 fully saturated rings. The lowest BCUT2D eigenvalue weighted by Crippen LogP contribution is -2.62. The Morgan fingerprint density at radius 1 is 1.27 bits per heavy atom. The first-order chi connectivity index (χ1) is 6.92. The molecule has 0 aromatic carbocycles. The van der Waals surface area contributed by atoms with Gasteiger partial charge in [-0.05, 0) is 24.8 Å². The van der Waals surface area contributed by atoms with E-state index in [4.69, 9.17) is 5.73 Å². The molecule has 0 spiro atoms. The number of nitrogens with two attached hydrogens (primary N) is 1. The van der Waals surface area contributed by atoms with Crippen molar-refractivity contribution in [3.8, 4) is 0 Å². The fraction of sp³-hybridized carbons (Fsp3) is 1.00. The monoisotopic (exact) mass is 214 g/mol. The van der Waals surface area contributed by atoms with E-state index in [1.54, 1.807) is 0 Å². The number of rotatable bonds is 2. The van der Waals surface area contributed by atoms with Gasteiger partial charge in [-0.3, -0.25) is 0 Å². The van der Waals surface area contributed by atoms with Crippen LogP contribution >= 0.6 is 0 Å². The lowest BCUT2D eigenvalue weighted by Gasteiger charge is -2.45. The van der Waals surface area contributed by atoms with Crippen LogP contribution in [0.4, 0.5) is 0 Å². The largest absolute Gasteiger partial charge is 0.386 e. The number of hydrogen-bond acceptors (Lipinski definition) is 3. The molecule has 0 aliphatic carbocycles. The van der Waals surface area contributed by atoms with Gasteiger partial charge in [0.1, 0.15) is 0 Å². The molecular formula is C12H26N2O. The van der Waals surface area contributed by atoms with Gasteiger partial charge in [0.25, 0.3) is 0 Å². The van der Waals surface area contributed by atoms with Crippen molar-refractivity contribution < 1.29 is 5.11 Å². The zero-order valence-electron chi connectivity index (χ0n) is 10.3. The quantitative estimate of drug-likeness (QED) is 0.648. The average molecular weight is 214 g/mol. The maximum Gasteiger partial charge on any atom is 0.0969 e. The molecule has 0 aromatic rings. The molecule has 3 heteroatoms. The van der Waals surface area contributed by atoms with Crippen molar-refractivity contribution in [1.82, 2.24) is 5.32 Å². The van der Waals surface area contributed by atoms with Crippen molar-refractivity contribution in [2.45, 2.75) is 58.1 Å². The molecule has 1 rings (SSSR count). The maximum absolute atomic E-state index is 10.7. The van der Waals surface area contributed by atoms with Gasteiger partial charge >= 0.3 is 0 Å². The van der Waals surface area contributed by atoms with Crippen LogP contribution in [0, 0.1) is 5.41 Å². The number of hydrogen-bond donors (Lipinski definition) is 3. The van der Waals surface area contributed by atoms with Crippen molar-refractivity contribution >= 4 is 0 Å². The summed E-state index contributed by atoms with van der Waals surface area (Å²) in [5.74, 6) is 0. The summed E-state index contributed by atoms with van der Waals surface area (Å²) in [5, 5.41) is 14.2. The molecule has 0 bridgehead atoms. The highest BCUT2D eigenvalue weighted by Gasteiger charge is 2.45. The second-order valence-corrected chi connectivity index (χ2v) is 5.73. The van der Waals surface area contributed by atoms with E-state index in [1.165, 1.54) is 19.3 Å². The number of nitrogens with one attached hydrogen (secondary N) is 1. The van der Waals surface area contributed by atoms with E-state index >= 15 is 0 Å². The van der Waals surface area contributed by atoms with Crippen LogP contribution in [-0.4, -0.2) is 29.8 Å². The summed E-state index contributed by atoms with van der Waals surface area (Å²) < 4.78 is 0. The molecule has 1 aliphatic rings. The van der Waals surface area contributed by atoms with Gasteiger partial charge in [-0.15, -0.1) is 0 Å². The highest BCUT2D eigenvalue weighted by atomic mass is 16.3. The van der Waals surface area contributed by atoms with E-state index in [0.29, 0.717) is 6.54 Å². The summed E-state index contributed by atoms with van der Waals surface area (Å²) in [7, 11) is 0. The zero-order chi connectivity index (χ0) is 11.5. The maximum atomic E-state index is 10.7. The van der Waals surface area contributed by atoms with Crippen LogP contribution in [0.25, 0.3) is 0 Å². The molecule has 0 aromatic heterocycles. The second-order valence-electron chi connectivity index (χ2n) is 5.73. The Hall–Kier alpha value is -0.120. The first-order valence-corrected chi connectivity index (χ1v) is 6.07. The normalized spacial score (nSPS) is 28.2. The smallest absolute Gasteiger partial charge is 0.0969 e. The van der Waals surface area contributed by atoms with Gasteiger partial charge in [0.05, 0.1) is 5.60 Å². The Morgan fingerprint density at radius 3 is 2.47 bits per heavy atom. The lowest BCUT2D eigenvalue weighted by atomic mass is 9.71. The van der Waals surface area contributed by atoms with Crippen molar-refractivity contribution in [2.24, 2.45) is 11.1 Å². The van der Waals surface area contributed by atoms with E-state index in [0.717, 1.165) is 13.0 Å². The van der Waals surface area contributed by atoms with Crippen LogP contribution < -0.4 is 11.1 Å². The summed E-state index contributed by atoms with van der Waals surface area (Å²) in [6, 6.07) is 0.144. The minimum atomic E-state index is -0.794. The van der Waals surface area contributed by atoms with Gasteiger partial charge in [-0.25, -0.2) is 0 Å². The highest BCUT2D eigenvalue weighted by molar-refractivity contribution is 5.01. The first kappa shape index (κ1) is 12.9. The predicted molar refractivity (Wildman–Crippen MR) is 63.7 cm³/mol. The van der Waals surface area contributed by atoms with E-state index in [2.05, 4.69) is 26.1 Å². The summed E-state index contributed by atoms with van der Waals surface area (Å²) in [6.07, 6.45) is 4.69. The van der Waals surface area contributed by atoms with E-state index < -0.39 is 5.60 Å².